The van der Waals surface area contributed by atoms with Crippen molar-refractivity contribution in [1.29, 1.82) is 0 Å². The Balaban J connectivity index is 1.69. The van der Waals surface area contributed by atoms with Crippen LogP contribution in [0.3, 0.4) is 0 Å². The van der Waals surface area contributed by atoms with Crippen molar-refractivity contribution >= 4 is 24.0 Å². The van der Waals surface area contributed by atoms with Crippen LogP contribution in [0.5, 0.6) is 0 Å². The van der Waals surface area contributed by atoms with Gasteiger partial charge in [0.25, 0.3) is 5.91 Å². The lowest BCUT2D eigenvalue weighted by molar-refractivity contribution is -0.118. The fourth-order valence-corrected chi connectivity index (χ4v) is 3.07. The van der Waals surface area contributed by atoms with E-state index < -0.39 is 0 Å². The first-order chi connectivity index (χ1) is 12.9. The Bertz CT molecular complexity index is 806. The summed E-state index contributed by atoms with van der Waals surface area (Å²) in [6.07, 6.45) is 3.95. The minimum atomic E-state index is -0.232. The summed E-state index contributed by atoms with van der Waals surface area (Å²) in [6.45, 7) is 9.00. The second-order valence-electron chi connectivity index (χ2n) is 7.65. The average Bonchev–Trinajstić information content (AvgIpc) is 2.68. The number of nitrogens with one attached hydrogen (secondary N) is 1. The zero-order valence-electron chi connectivity index (χ0n) is 16.0. The molecule has 0 bridgehead atoms. The molecule has 142 valence electrons. The van der Waals surface area contributed by atoms with Gasteiger partial charge in [0.05, 0.1) is 5.56 Å². The molecule has 1 aliphatic rings. The number of para-hydroxylation sites is 1. The zero-order valence-corrected chi connectivity index (χ0v) is 16.0. The fourth-order valence-electron chi connectivity index (χ4n) is 3.07. The van der Waals surface area contributed by atoms with Gasteiger partial charge in [-0.2, -0.15) is 0 Å². The highest BCUT2D eigenvalue weighted by Crippen LogP contribution is 2.29. The van der Waals surface area contributed by atoms with Gasteiger partial charge in [-0.25, -0.2) is 9.97 Å². The summed E-state index contributed by atoms with van der Waals surface area (Å²) >= 11 is 0. The van der Waals surface area contributed by atoms with Crippen LogP contribution in [0.15, 0.2) is 36.7 Å². The number of hydrogen-bond acceptors (Lipinski definition) is 5. The number of amides is 2. The van der Waals surface area contributed by atoms with Gasteiger partial charge >= 0.3 is 0 Å². The molecule has 1 N–H and O–H groups in total. The lowest BCUT2D eigenvalue weighted by Gasteiger charge is -2.32. The third-order valence-corrected chi connectivity index (χ3v) is 4.63. The molecule has 0 spiro atoms. The molecule has 0 aliphatic carbocycles. The predicted molar refractivity (Wildman–Crippen MR) is 105 cm³/mol. The molecule has 3 rings (SSSR count). The molecule has 2 amide bonds. The maximum atomic E-state index is 12.6. The highest BCUT2D eigenvalue weighted by Gasteiger charge is 2.20. The predicted octanol–water partition coefficient (Wildman–Crippen LogP) is 2.30. The smallest absolute Gasteiger partial charge is 0.258 e. The summed E-state index contributed by atoms with van der Waals surface area (Å²) in [5.41, 5.74) is 2.20. The second-order valence-corrected chi connectivity index (χ2v) is 7.65. The SMILES string of the molecule is CC(C)(C)c1ccccc1NC(=O)c1cnc(N2CCN(C=O)CC2)nc1. The first-order valence-electron chi connectivity index (χ1n) is 9.05. The van der Waals surface area contributed by atoms with Gasteiger partial charge in [-0.05, 0) is 17.0 Å². The number of carbonyl (C=O) groups is 2. The van der Waals surface area contributed by atoms with Crippen LogP contribution in [-0.2, 0) is 10.2 Å². The Morgan fingerprint density at radius 1 is 1.07 bits per heavy atom. The van der Waals surface area contributed by atoms with Gasteiger partial charge in [0.1, 0.15) is 0 Å². The van der Waals surface area contributed by atoms with Crippen LogP contribution in [-0.4, -0.2) is 53.4 Å². The molecule has 1 aromatic carbocycles. The summed E-state index contributed by atoms with van der Waals surface area (Å²) < 4.78 is 0. The van der Waals surface area contributed by atoms with Crippen molar-refractivity contribution in [1.82, 2.24) is 14.9 Å². The summed E-state index contributed by atoms with van der Waals surface area (Å²) in [4.78, 5) is 35.8. The highest BCUT2D eigenvalue weighted by atomic mass is 16.1. The number of piperazine rings is 1. The first kappa shape index (κ1) is 18.8. The summed E-state index contributed by atoms with van der Waals surface area (Å²) in [5, 5.41) is 2.97. The normalized spacial score (nSPS) is 14.8. The number of hydrogen-bond donors (Lipinski definition) is 1. The molecule has 1 aliphatic heterocycles. The molecule has 1 fully saturated rings. The van der Waals surface area contributed by atoms with Crippen molar-refractivity contribution in [2.75, 3.05) is 36.4 Å². The van der Waals surface area contributed by atoms with E-state index in [1.165, 1.54) is 0 Å². The van der Waals surface area contributed by atoms with E-state index in [4.69, 9.17) is 0 Å². The van der Waals surface area contributed by atoms with Crippen LogP contribution < -0.4 is 10.2 Å². The molecular formula is C20H25N5O2. The molecule has 1 saturated heterocycles. The number of nitrogens with zero attached hydrogens (tertiary/aromatic N) is 4. The Labute approximate surface area is 159 Å². The molecule has 0 unspecified atom stereocenters. The van der Waals surface area contributed by atoms with Crippen LogP contribution in [0, 0.1) is 0 Å². The molecule has 7 heteroatoms. The van der Waals surface area contributed by atoms with Gasteiger partial charge < -0.3 is 15.1 Å². The third-order valence-electron chi connectivity index (χ3n) is 4.63. The quantitative estimate of drug-likeness (QED) is 0.839. The second kappa shape index (κ2) is 7.73. The lowest BCUT2D eigenvalue weighted by Crippen LogP contribution is -2.46. The molecule has 1 aromatic heterocycles. The van der Waals surface area contributed by atoms with E-state index in [1.54, 1.807) is 17.3 Å². The van der Waals surface area contributed by atoms with Crippen molar-refractivity contribution in [3.8, 4) is 0 Å². The Kier molecular flexibility index (Phi) is 5.39. The van der Waals surface area contributed by atoms with E-state index >= 15 is 0 Å². The van der Waals surface area contributed by atoms with Crippen molar-refractivity contribution in [3.05, 3.63) is 47.8 Å². The van der Waals surface area contributed by atoms with Crippen molar-refractivity contribution < 1.29 is 9.59 Å². The van der Waals surface area contributed by atoms with E-state index in [1.807, 2.05) is 29.2 Å². The Morgan fingerprint density at radius 2 is 1.70 bits per heavy atom. The molecule has 27 heavy (non-hydrogen) atoms. The van der Waals surface area contributed by atoms with Crippen LogP contribution in [0.4, 0.5) is 11.6 Å². The standard InChI is InChI=1S/C20H25N5O2/c1-20(2,3)16-6-4-5-7-17(16)23-18(27)15-12-21-19(22-13-15)25-10-8-24(14-26)9-11-25/h4-7,12-14H,8-11H2,1-3H3,(H,23,27). The summed E-state index contributed by atoms with van der Waals surface area (Å²) in [6, 6.07) is 7.80. The molecular weight excluding hydrogens is 342 g/mol. The molecule has 0 atom stereocenters. The van der Waals surface area contributed by atoms with Crippen LogP contribution in [0.2, 0.25) is 0 Å². The van der Waals surface area contributed by atoms with Crippen molar-refractivity contribution in [3.63, 3.8) is 0 Å². The average molecular weight is 367 g/mol. The monoisotopic (exact) mass is 367 g/mol. The van der Waals surface area contributed by atoms with Crippen molar-refractivity contribution in [2.45, 2.75) is 26.2 Å². The van der Waals surface area contributed by atoms with Crippen LogP contribution >= 0.6 is 0 Å². The van der Waals surface area contributed by atoms with Gasteiger partial charge in [-0.3, -0.25) is 9.59 Å². The minimum Gasteiger partial charge on any atom is -0.342 e. The minimum absolute atomic E-state index is 0.0755. The highest BCUT2D eigenvalue weighted by molar-refractivity contribution is 6.04. The Hall–Kier alpha value is -2.96. The van der Waals surface area contributed by atoms with Gasteiger partial charge in [0, 0.05) is 44.3 Å². The lowest BCUT2D eigenvalue weighted by atomic mass is 9.86. The summed E-state index contributed by atoms with van der Waals surface area (Å²) in [7, 11) is 0. The van der Waals surface area contributed by atoms with E-state index in [2.05, 4.69) is 36.1 Å². The van der Waals surface area contributed by atoms with Gasteiger partial charge in [-0.1, -0.05) is 39.0 Å². The van der Waals surface area contributed by atoms with Gasteiger partial charge in [0.15, 0.2) is 0 Å². The largest absolute Gasteiger partial charge is 0.342 e. The number of aromatic nitrogens is 2. The van der Waals surface area contributed by atoms with Gasteiger partial charge in [0.2, 0.25) is 12.4 Å². The molecule has 2 aromatic rings. The molecule has 7 nitrogen and oxygen atoms in total. The topological polar surface area (TPSA) is 78.4 Å². The third kappa shape index (κ3) is 4.42. The van der Waals surface area contributed by atoms with Crippen molar-refractivity contribution in [2.24, 2.45) is 0 Å². The van der Waals surface area contributed by atoms with E-state index in [9.17, 15) is 9.59 Å². The number of rotatable bonds is 4. The van der Waals surface area contributed by atoms with Crippen LogP contribution in [0.25, 0.3) is 0 Å². The molecule has 0 saturated carbocycles. The number of carbonyl (C=O) groups excluding carboxylic acids is 2. The maximum absolute atomic E-state index is 12.6. The zero-order chi connectivity index (χ0) is 19.4. The van der Waals surface area contributed by atoms with Gasteiger partial charge in [-0.15, -0.1) is 0 Å². The van der Waals surface area contributed by atoms with E-state index in [0.29, 0.717) is 37.7 Å². The maximum Gasteiger partial charge on any atom is 0.258 e. The fraction of sp³-hybridized carbons (Fsp3) is 0.400. The summed E-state index contributed by atoms with van der Waals surface area (Å²) in [5.74, 6) is 0.344. The molecule has 0 radical (unpaired) electrons. The Morgan fingerprint density at radius 3 is 2.30 bits per heavy atom. The van der Waals surface area contributed by atoms with Crippen LogP contribution in [0.1, 0.15) is 36.7 Å². The number of anilines is 2. The molecule has 2 heterocycles. The van der Waals surface area contributed by atoms with E-state index in [-0.39, 0.29) is 11.3 Å². The number of benzene rings is 1. The first-order valence-corrected chi connectivity index (χ1v) is 9.05. The van der Waals surface area contributed by atoms with E-state index in [0.717, 1.165) is 17.7 Å².